The molecule has 160 valence electrons. The van der Waals surface area contributed by atoms with E-state index in [0.717, 1.165) is 41.3 Å². The lowest BCUT2D eigenvalue weighted by Crippen LogP contribution is -2.37. The molecular weight excluding hydrogens is 422 g/mol. The second-order valence-electron chi connectivity index (χ2n) is 7.17. The van der Waals surface area contributed by atoms with Gasteiger partial charge in [0.1, 0.15) is 16.4 Å². The number of H-pyrrole nitrogens is 1. The van der Waals surface area contributed by atoms with E-state index in [2.05, 4.69) is 19.9 Å². The van der Waals surface area contributed by atoms with Crippen molar-refractivity contribution >= 4 is 38.7 Å². The third-order valence-corrected chi connectivity index (χ3v) is 8.02. The lowest BCUT2D eigenvalue weighted by Gasteiger charge is -2.24. The van der Waals surface area contributed by atoms with Crippen LogP contribution in [0.25, 0.3) is 11.0 Å². The molecule has 1 amide bonds. The molecule has 3 heterocycles. The molecule has 0 bridgehead atoms. The number of carbonyl (C=O) groups is 1. The third-order valence-electron chi connectivity index (χ3n) is 5.20. The molecule has 0 radical (unpaired) electrons. The number of imidazole rings is 1. The zero-order valence-electron chi connectivity index (χ0n) is 16.8. The molecule has 1 aliphatic rings. The van der Waals surface area contributed by atoms with E-state index in [1.54, 1.807) is 11.8 Å². The fourth-order valence-electron chi connectivity index (χ4n) is 3.60. The zero-order valence-corrected chi connectivity index (χ0v) is 18.4. The minimum atomic E-state index is -3.56. The number of amides is 1. The minimum absolute atomic E-state index is 0.139. The molecule has 1 fully saturated rings. The predicted molar refractivity (Wildman–Crippen MR) is 118 cm³/mol. The number of sulfonamides is 1. The number of fused-ring (bicyclic) bond motifs is 1. The van der Waals surface area contributed by atoms with Gasteiger partial charge in [-0.25, -0.2) is 13.4 Å². The molecule has 1 aromatic carbocycles. The first kappa shape index (κ1) is 21.0. The van der Waals surface area contributed by atoms with Crippen LogP contribution >= 0.6 is 11.8 Å². The highest BCUT2D eigenvalue weighted by Crippen LogP contribution is 2.21. The summed E-state index contributed by atoms with van der Waals surface area (Å²) in [6, 6.07) is 9.39. The fourth-order valence-corrected chi connectivity index (χ4v) is 6.17. The maximum atomic E-state index is 12.7. The number of para-hydroxylation sites is 2. The van der Waals surface area contributed by atoms with E-state index in [-0.39, 0.29) is 16.5 Å². The lowest BCUT2D eigenvalue weighted by atomic mass is 10.3. The molecule has 1 aliphatic heterocycles. The van der Waals surface area contributed by atoms with Gasteiger partial charge < -0.3 is 14.9 Å². The number of benzene rings is 1. The maximum Gasteiger partial charge on any atom is 0.267 e. The Morgan fingerprint density at radius 2 is 2.03 bits per heavy atom. The van der Waals surface area contributed by atoms with Crippen LogP contribution in [0.4, 0.5) is 0 Å². The van der Waals surface area contributed by atoms with E-state index in [0.29, 0.717) is 19.6 Å². The van der Waals surface area contributed by atoms with Gasteiger partial charge >= 0.3 is 0 Å². The van der Waals surface area contributed by atoms with Crippen molar-refractivity contribution in [1.29, 1.82) is 0 Å². The topological polar surface area (TPSA) is 100 Å². The minimum Gasteiger partial charge on any atom is -0.356 e. The fraction of sp³-hybridized carbons (Fsp3) is 0.400. The van der Waals surface area contributed by atoms with Crippen molar-refractivity contribution in [2.45, 2.75) is 24.8 Å². The first-order valence-corrected chi connectivity index (χ1v) is 12.5. The van der Waals surface area contributed by atoms with Gasteiger partial charge in [0.05, 0.1) is 11.0 Å². The molecule has 0 atom stereocenters. The molecule has 0 saturated carbocycles. The number of nitrogens with one attached hydrogen (secondary N) is 2. The van der Waals surface area contributed by atoms with Crippen LogP contribution in [0.1, 0.15) is 22.7 Å². The van der Waals surface area contributed by atoms with Gasteiger partial charge in [-0.3, -0.25) is 4.79 Å². The van der Waals surface area contributed by atoms with Crippen molar-refractivity contribution in [2.75, 3.05) is 31.1 Å². The van der Waals surface area contributed by atoms with Crippen LogP contribution in [0.5, 0.6) is 0 Å². The van der Waals surface area contributed by atoms with Gasteiger partial charge in [0.2, 0.25) is 10.0 Å². The van der Waals surface area contributed by atoms with E-state index >= 15 is 0 Å². The third kappa shape index (κ3) is 4.26. The molecule has 8 nitrogen and oxygen atoms in total. The first-order valence-electron chi connectivity index (χ1n) is 9.93. The summed E-state index contributed by atoms with van der Waals surface area (Å²) < 4.78 is 29.0. The number of rotatable bonds is 7. The molecule has 0 spiro atoms. The summed E-state index contributed by atoms with van der Waals surface area (Å²) in [7, 11) is -3.56. The van der Waals surface area contributed by atoms with Gasteiger partial charge in [-0.15, -0.1) is 0 Å². The van der Waals surface area contributed by atoms with Crippen LogP contribution in [-0.4, -0.2) is 64.3 Å². The van der Waals surface area contributed by atoms with Crippen molar-refractivity contribution in [1.82, 2.24) is 24.2 Å². The molecule has 4 rings (SSSR count). The molecule has 2 N–H and O–H groups in total. The van der Waals surface area contributed by atoms with Crippen LogP contribution < -0.4 is 5.32 Å². The Hall–Kier alpha value is -2.30. The van der Waals surface area contributed by atoms with Crippen LogP contribution in [0.3, 0.4) is 0 Å². The second-order valence-corrected chi connectivity index (χ2v) is 10.3. The first-order chi connectivity index (χ1) is 14.5. The second kappa shape index (κ2) is 8.83. The average molecular weight is 448 g/mol. The summed E-state index contributed by atoms with van der Waals surface area (Å²) in [6.45, 7) is 4.20. The van der Waals surface area contributed by atoms with Gasteiger partial charge in [0, 0.05) is 43.9 Å². The monoisotopic (exact) mass is 447 g/mol. The molecule has 0 aliphatic carbocycles. The molecule has 10 heteroatoms. The SMILES string of the molecule is Cc1nc2ccccc2n1CCCNC(=O)c1cc(S(=O)(=O)N2CCSCC2)c[nH]1. The largest absolute Gasteiger partial charge is 0.356 e. The van der Waals surface area contributed by atoms with Crippen molar-refractivity contribution in [3.8, 4) is 0 Å². The maximum absolute atomic E-state index is 12.7. The van der Waals surface area contributed by atoms with Crippen LogP contribution in [-0.2, 0) is 16.6 Å². The van der Waals surface area contributed by atoms with Gasteiger partial charge in [0.25, 0.3) is 5.91 Å². The normalized spacial score (nSPS) is 15.5. The molecular formula is C20H25N5O3S2. The molecule has 3 aromatic rings. The van der Waals surface area contributed by atoms with Crippen LogP contribution in [0.2, 0.25) is 0 Å². The highest BCUT2D eigenvalue weighted by atomic mass is 32.2. The van der Waals surface area contributed by atoms with Crippen LogP contribution in [0.15, 0.2) is 41.4 Å². The van der Waals surface area contributed by atoms with Crippen molar-refractivity contribution in [2.24, 2.45) is 0 Å². The molecule has 2 aromatic heterocycles. The summed E-state index contributed by atoms with van der Waals surface area (Å²) in [5, 5.41) is 2.86. The average Bonchev–Trinajstić information content (AvgIpc) is 3.37. The summed E-state index contributed by atoms with van der Waals surface area (Å²) in [5.74, 6) is 2.22. The number of aromatic nitrogens is 3. The number of hydrogen-bond donors (Lipinski definition) is 2. The highest BCUT2D eigenvalue weighted by Gasteiger charge is 2.27. The summed E-state index contributed by atoms with van der Waals surface area (Å²) >= 11 is 1.75. The molecule has 30 heavy (non-hydrogen) atoms. The van der Waals surface area contributed by atoms with Crippen molar-refractivity contribution in [3.63, 3.8) is 0 Å². The Bertz CT molecular complexity index is 1150. The number of nitrogens with zero attached hydrogens (tertiary/aromatic N) is 3. The quantitative estimate of drug-likeness (QED) is 0.541. The van der Waals surface area contributed by atoms with E-state index in [4.69, 9.17) is 0 Å². The zero-order chi connectivity index (χ0) is 21.1. The summed E-state index contributed by atoms with van der Waals surface area (Å²) in [5.41, 5.74) is 2.30. The van der Waals surface area contributed by atoms with Crippen molar-refractivity contribution < 1.29 is 13.2 Å². The van der Waals surface area contributed by atoms with Crippen molar-refractivity contribution in [3.05, 3.63) is 48.0 Å². The Balaban J connectivity index is 1.33. The van der Waals surface area contributed by atoms with E-state index in [9.17, 15) is 13.2 Å². The van der Waals surface area contributed by atoms with E-state index in [1.165, 1.54) is 16.6 Å². The Morgan fingerprint density at radius 3 is 2.83 bits per heavy atom. The summed E-state index contributed by atoms with van der Waals surface area (Å²) in [4.78, 5) is 19.9. The number of aromatic amines is 1. The summed E-state index contributed by atoms with van der Waals surface area (Å²) in [6.07, 6.45) is 2.14. The van der Waals surface area contributed by atoms with E-state index in [1.807, 2.05) is 31.2 Å². The number of aryl methyl sites for hydroxylation is 2. The number of carbonyl (C=O) groups excluding carboxylic acids is 1. The van der Waals surface area contributed by atoms with Gasteiger partial charge in [-0.05, 0) is 31.5 Å². The highest BCUT2D eigenvalue weighted by molar-refractivity contribution is 7.99. The Kier molecular flexibility index (Phi) is 6.16. The van der Waals surface area contributed by atoms with Gasteiger partial charge in [0.15, 0.2) is 0 Å². The number of hydrogen-bond acceptors (Lipinski definition) is 5. The Morgan fingerprint density at radius 1 is 1.27 bits per heavy atom. The van der Waals surface area contributed by atoms with Crippen LogP contribution in [0, 0.1) is 6.92 Å². The number of thioether (sulfide) groups is 1. The smallest absolute Gasteiger partial charge is 0.267 e. The molecule has 0 unspecified atom stereocenters. The predicted octanol–water partition coefficient (Wildman–Crippen LogP) is 2.23. The van der Waals surface area contributed by atoms with Gasteiger partial charge in [-0.1, -0.05) is 12.1 Å². The van der Waals surface area contributed by atoms with E-state index < -0.39 is 10.0 Å². The lowest BCUT2D eigenvalue weighted by molar-refractivity contribution is 0.0948. The van der Waals surface area contributed by atoms with Gasteiger partial charge in [-0.2, -0.15) is 16.1 Å². The molecule has 1 saturated heterocycles. The standard InChI is InChI=1S/C20H25N5O3S2/c1-15-23-17-5-2-3-6-19(17)25(15)8-4-7-21-20(26)18-13-16(14-22-18)30(27,28)24-9-11-29-12-10-24/h2-3,5-6,13-14,22H,4,7-12H2,1H3,(H,21,26). The Labute approximate surface area is 180 Å².